The van der Waals surface area contributed by atoms with Crippen molar-refractivity contribution in [3.8, 4) is 5.75 Å². The zero-order valence-electron chi connectivity index (χ0n) is 10.5. The summed E-state index contributed by atoms with van der Waals surface area (Å²) in [5.74, 6) is 0.516. The van der Waals surface area contributed by atoms with Crippen molar-refractivity contribution < 1.29 is 14.4 Å². The third-order valence-electron chi connectivity index (χ3n) is 2.52. The van der Waals surface area contributed by atoms with Gasteiger partial charge in [0.15, 0.2) is 6.61 Å². The van der Waals surface area contributed by atoms with Gasteiger partial charge in [0.2, 0.25) is 0 Å². The fraction of sp³-hybridized carbons (Fsp3) is 0.308. The Bertz CT molecular complexity index is 503. The highest BCUT2D eigenvalue weighted by molar-refractivity contribution is 9.11. The average Bonchev–Trinajstić information content (AvgIpc) is 2.43. The van der Waals surface area contributed by atoms with Gasteiger partial charge in [0.1, 0.15) is 5.75 Å². The van der Waals surface area contributed by atoms with Crippen LogP contribution in [0.2, 0.25) is 0 Å². The second-order valence-corrected chi connectivity index (χ2v) is 4.48. The average molecular weight is 327 g/mol. The smallest absolute Gasteiger partial charge is 0.262 e. The maximum absolute atomic E-state index is 11.2. The fourth-order valence-electron chi connectivity index (χ4n) is 1.62. The molecule has 1 heterocycles. The zero-order chi connectivity index (χ0) is 13.7. The van der Waals surface area contributed by atoms with Crippen molar-refractivity contribution in [2.45, 2.75) is 13.3 Å². The van der Waals surface area contributed by atoms with Crippen LogP contribution in [0.1, 0.15) is 18.9 Å². The molecule has 2 rings (SSSR count). The molecular formula is C13H15BrN2O3. The number of carbonyl (C=O) groups is 1. The molecule has 2 N–H and O–H groups in total. The van der Waals surface area contributed by atoms with Gasteiger partial charge < -0.3 is 10.1 Å². The Morgan fingerprint density at radius 2 is 2.47 bits per heavy atom. The lowest BCUT2D eigenvalue weighted by Crippen LogP contribution is -2.25. The summed E-state index contributed by atoms with van der Waals surface area (Å²) in [4.78, 5) is 18.2. The van der Waals surface area contributed by atoms with E-state index in [1.165, 1.54) is 0 Å². The molecule has 1 amide bonds. The van der Waals surface area contributed by atoms with Crippen molar-refractivity contribution in [3.63, 3.8) is 0 Å². The van der Waals surface area contributed by atoms with Crippen molar-refractivity contribution >= 4 is 33.2 Å². The molecule has 1 aliphatic heterocycles. The van der Waals surface area contributed by atoms with E-state index in [9.17, 15) is 4.79 Å². The molecule has 0 aliphatic carbocycles. The maximum atomic E-state index is 11.2. The van der Waals surface area contributed by atoms with Gasteiger partial charge in [-0.3, -0.25) is 15.1 Å². The first kappa shape index (κ1) is 13.9. The van der Waals surface area contributed by atoms with Crippen LogP contribution in [0.3, 0.4) is 0 Å². The molecule has 0 fully saturated rings. The number of amides is 1. The number of anilines is 1. The van der Waals surface area contributed by atoms with Crippen molar-refractivity contribution in [2.75, 3.05) is 18.5 Å². The summed E-state index contributed by atoms with van der Waals surface area (Å²) in [6.45, 7) is 2.71. The summed E-state index contributed by atoms with van der Waals surface area (Å²) in [6, 6.07) is 5.53. The van der Waals surface area contributed by atoms with Gasteiger partial charge in [0.25, 0.3) is 5.91 Å². The lowest BCUT2D eigenvalue weighted by Gasteiger charge is -2.19. The summed E-state index contributed by atoms with van der Waals surface area (Å²) >= 11 is 3.30. The van der Waals surface area contributed by atoms with E-state index in [4.69, 9.17) is 9.57 Å². The number of hydrogen-bond donors (Lipinski definition) is 2. The first-order valence-electron chi connectivity index (χ1n) is 6.00. The van der Waals surface area contributed by atoms with Gasteiger partial charge in [-0.1, -0.05) is 28.9 Å². The number of benzene rings is 1. The number of nitrogens with one attached hydrogen (secondary N) is 2. The van der Waals surface area contributed by atoms with Gasteiger partial charge in [-0.05, 0) is 18.6 Å². The first-order chi connectivity index (χ1) is 9.24. The molecule has 0 bridgehead atoms. The molecule has 5 nitrogen and oxygen atoms in total. The molecule has 0 saturated carbocycles. The van der Waals surface area contributed by atoms with E-state index < -0.39 is 0 Å². The number of hydrogen-bond acceptors (Lipinski definition) is 4. The van der Waals surface area contributed by atoms with E-state index in [0.29, 0.717) is 18.0 Å². The number of rotatable bonds is 5. The van der Waals surface area contributed by atoms with Crippen LogP contribution in [-0.2, 0) is 9.63 Å². The maximum Gasteiger partial charge on any atom is 0.262 e. The standard InChI is InChI=1S/C13H15BrN2O3/c1-2-5-19-16-11(7-14)9-3-4-10-12(6-9)18-8-13(17)15-10/h3-4,6-7,16H,2,5,8H2,1H3,(H,15,17). The number of halogens is 1. The van der Waals surface area contributed by atoms with Gasteiger partial charge in [-0.15, -0.1) is 0 Å². The van der Waals surface area contributed by atoms with Gasteiger partial charge in [-0.2, -0.15) is 0 Å². The monoisotopic (exact) mass is 326 g/mol. The molecule has 6 heteroatoms. The molecule has 0 spiro atoms. The number of fused-ring (bicyclic) bond motifs is 1. The van der Waals surface area contributed by atoms with E-state index >= 15 is 0 Å². The Hall–Kier alpha value is -1.53. The molecule has 0 saturated heterocycles. The molecule has 1 aromatic carbocycles. The van der Waals surface area contributed by atoms with Crippen LogP contribution in [0.15, 0.2) is 23.2 Å². The van der Waals surface area contributed by atoms with E-state index in [0.717, 1.165) is 17.7 Å². The van der Waals surface area contributed by atoms with Gasteiger partial charge in [-0.25, -0.2) is 0 Å². The summed E-state index contributed by atoms with van der Waals surface area (Å²) in [5, 5.41) is 2.75. The molecule has 1 aliphatic rings. The summed E-state index contributed by atoms with van der Waals surface area (Å²) < 4.78 is 5.37. The van der Waals surface area contributed by atoms with Crippen LogP contribution >= 0.6 is 15.9 Å². The van der Waals surface area contributed by atoms with Crippen LogP contribution in [-0.4, -0.2) is 19.1 Å². The molecule has 19 heavy (non-hydrogen) atoms. The van der Waals surface area contributed by atoms with Crippen molar-refractivity contribution in [1.82, 2.24) is 5.48 Å². The first-order valence-corrected chi connectivity index (χ1v) is 6.91. The molecule has 1 aromatic rings. The normalized spacial score (nSPS) is 14.4. The lowest BCUT2D eigenvalue weighted by molar-refractivity contribution is -0.118. The van der Waals surface area contributed by atoms with Gasteiger partial charge in [0, 0.05) is 10.5 Å². The Morgan fingerprint density at radius 3 is 3.21 bits per heavy atom. The quantitative estimate of drug-likeness (QED) is 0.645. The molecule has 0 radical (unpaired) electrons. The van der Waals surface area contributed by atoms with Crippen LogP contribution in [0.4, 0.5) is 5.69 Å². The van der Waals surface area contributed by atoms with Gasteiger partial charge in [0.05, 0.1) is 18.0 Å². The second-order valence-electron chi connectivity index (χ2n) is 4.02. The Balaban J connectivity index is 2.14. The largest absolute Gasteiger partial charge is 0.482 e. The minimum atomic E-state index is -0.138. The SMILES string of the molecule is CCCONC(=CBr)c1ccc2c(c1)OCC(=O)N2. The highest BCUT2D eigenvalue weighted by Crippen LogP contribution is 2.30. The van der Waals surface area contributed by atoms with Crippen LogP contribution in [0.25, 0.3) is 5.70 Å². The zero-order valence-corrected chi connectivity index (χ0v) is 12.1. The molecule has 0 unspecified atom stereocenters. The van der Waals surface area contributed by atoms with Gasteiger partial charge >= 0.3 is 0 Å². The summed E-state index contributed by atoms with van der Waals surface area (Å²) in [5.41, 5.74) is 5.25. The van der Waals surface area contributed by atoms with Crippen molar-refractivity contribution in [1.29, 1.82) is 0 Å². The van der Waals surface area contributed by atoms with Crippen molar-refractivity contribution in [2.24, 2.45) is 0 Å². The highest BCUT2D eigenvalue weighted by atomic mass is 79.9. The lowest BCUT2D eigenvalue weighted by atomic mass is 10.1. The molecule has 0 atom stereocenters. The van der Waals surface area contributed by atoms with Crippen LogP contribution in [0.5, 0.6) is 5.75 Å². The minimum Gasteiger partial charge on any atom is -0.482 e. The van der Waals surface area contributed by atoms with Crippen LogP contribution in [0, 0.1) is 0 Å². The Morgan fingerprint density at radius 1 is 1.63 bits per heavy atom. The Labute approximate surface area is 120 Å². The summed E-state index contributed by atoms with van der Waals surface area (Å²) in [7, 11) is 0. The molecule has 0 aromatic heterocycles. The van der Waals surface area contributed by atoms with E-state index in [1.54, 1.807) is 11.1 Å². The predicted molar refractivity (Wildman–Crippen MR) is 76.8 cm³/mol. The van der Waals surface area contributed by atoms with E-state index in [-0.39, 0.29) is 12.5 Å². The fourth-order valence-corrected chi connectivity index (χ4v) is 1.97. The summed E-state index contributed by atoms with van der Waals surface area (Å²) in [6.07, 6.45) is 0.932. The van der Waals surface area contributed by atoms with E-state index in [1.807, 2.05) is 19.1 Å². The van der Waals surface area contributed by atoms with E-state index in [2.05, 4.69) is 26.7 Å². The highest BCUT2D eigenvalue weighted by Gasteiger charge is 2.16. The Kier molecular flexibility index (Phi) is 4.81. The number of carbonyl (C=O) groups excluding carboxylic acids is 1. The third-order valence-corrected chi connectivity index (χ3v) is 2.98. The molecule has 102 valence electrons. The topological polar surface area (TPSA) is 59.6 Å². The van der Waals surface area contributed by atoms with Crippen LogP contribution < -0.4 is 15.5 Å². The van der Waals surface area contributed by atoms with Crippen molar-refractivity contribution in [3.05, 3.63) is 28.7 Å². The number of hydroxylamine groups is 1. The minimum absolute atomic E-state index is 0.0452. The third kappa shape index (κ3) is 3.48. The predicted octanol–water partition coefficient (Wildman–Crippen LogP) is 2.64. The second kappa shape index (κ2) is 6.58. The number of ether oxygens (including phenoxy) is 1. The molecular weight excluding hydrogens is 312 g/mol.